The van der Waals surface area contributed by atoms with E-state index in [0.717, 1.165) is 21.5 Å². The van der Waals surface area contributed by atoms with Gasteiger partial charge in [0.05, 0.1) is 6.54 Å². The van der Waals surface area contributed by atoms with E-state index in [1.54, 1.807) is 5.38 Å². The number of rotatable bonds is 3. The maximum Gasteiger partial charge on any atom is 0.304 e. The van der Waals surface area contributed by atoms with Crippen molar-refractivity contribution in [1.82, 2.24) is 10.3 Å². The maximum absolute atomic E-state index is 11.7. The molecular formula is C9H7BrN2O2S2. The van der Waals surface area contributed by atoms with Crippen molar-refractivity contribution < 1.29 is 4.79 Å². The number of H-pyrrole nitrogens is 1. The summed E-state index contributed by atoms with van der Waals surface area (Å²) in [6.07, 6.45) is 0. The first kappa shape index (κ1) is 11.6. The minimum Gasteiger partial charge on any atom is -0.346 e. The molecule has 84 valence electrons. The zero-order chi connectivity index (χ0) is 11.5. The summed E-state index contributed by atoms with van der Waals surface area (Å²) >= 11 is 5.75. The third-order valence-corrected chi connectivity index (χ3v) is 4.39. The summed E-state index contributed by atoms with van der Waals surface area (Å²) < 4.78 is 0.786. The number of hydrogen-bond acceptors (Lipinski definition) is 4. The van der Waals surface area contributed by atoms with E-state index in [1.807, 2.05) is 11.4 Å². The van der Waals surface area contributed by atoms with Crippen LogP contribution in [0.1, 0.15) is 15.4 Å². The van der Waals surface area contributed by atoms with Gasteiger partial charge in [-0.3, -0.25) is 9.59 Å². The summed E-state index contributed by atoms with van der Waals surface area (Å²) in [7, 11) is 0. The summed E-state index contributed by atoms with van der Waals surface area (Å²) in [4.78, 5) is 25.7. The quantitative estimate of drug-likeness (QED) is 0.911. The average Bonchev–Trinajstić information content (AvgIpc) is 2.84. The lowest BCUT2D eigenvalue weighted by Gasteiger charge is -2.01. The molecule has 0 aliphatic heterocycles. The van der Waals surface area contributed by atoms with Crippen molar-refractivity contribution in [3.63, 3.8) is 0 Å². The topological polar surface area (TPSA) is 62.0 Å². The molecule has 0 aromatic carbocycles. The number of nitrogens with one attached hydrogen (secondary N) is 2. The first-order valence-corrected chi connectivity index (χ1v) is 6.90. The second-order valence-electron chi connectivity index (χ2n) is 2.95. The first-order chi connectivity index (χ1) is 7.66. The fourth-order valence-electron chi connectivity index (χ4n) is 1.11. The van der Waals surface area contributed by atoms with Crippen molar-refractivity contribution in [3.05, 3.63) is 41.5 Å². The normalized spacial score (nSPS) is 10.3. The fraction of sp³-hybridized carbons (Fsp3) is 0.111. The van der Waals surface area contributed by atoms with E-state index in [9.17, 15) is 9.59 Å². The van der Waals surface area contributed by atoms with Crippen molar-refractivity contribution in [3.8, 4) is 0 Å². The highest BCUT2D eigenvalue weighted by Crippen LogP contribution is 2.22. The van der Waals surface area contributed by atoms with Crippen LogP contribution in [0.3, 0.4) is 0 Å². The van der Waals surface area contributed by atoms with E-state index in [2.05, 4.69) is 26.2 Å². The molecule has 0 spiro atoms. The van der Waals surface area contributed by atoms with E-state index < -0.39 is 0 Å². The van der Waals surface area contributed by atoms with Crippen LogP contribution in [0.25, 0.3) is 0 Å². The molecule has 2 rings (SSSR count). The Labute approximate surface area is 107 Å². The Morgan fingerprint density at radius 1 is 1.50 bits per heavy atom. The molecular weight excluding hydrogens is 312 g/mol. The lowest BCUT2D eigenvalue weighted by atomic mass is 10.4. The van der Waals surface area contributed by atoms with Gasteiger partial charge in [0.25, 0.3) is 5.91 Å². The van der Waals surface area contributed by atoms with Crippen LogP contribution in [0.4, 0.5) is 0 Å². The Kier molecular flexibility index (Phi) is 3.57. The van der Waals surface area contributed by atoms with Gasteiger partial charge in [-0.25, -0.2) is 0 Å². The number of halogens is 1. The van der Waals surface area contributed by atoms with E-state index in [1.165, 1.54) is 11.3 Å². The van der Waals surface area contributed by atoms with Crippen molar-refractivity contribution in [2.24, 2.45) is 0 Å². The van der Waals surface area contributed by atoms with Gasteiger partial charge in [0.15, 0.2) is 0 Å². The predicted molar refractivity (Wildman–Crippen MR) is 68.1 cm³/mol. The van der Waals surface area contributed by atoms with Crippen molar-refractivity contribution in [2.75, 3.05) is 0 Å². The second kappa shape index (κ2) is 4.94. The first-order valence-electron chi connectivity index (χ1n) is 4.34. The van der Waals surface area contributed by atoms with E-state index >= 15 is 0 Å². The average molecular weight is 319 g/mol. The van der Waals surface area contributed by atoms with Gasteiger partial charge in [0.2, 0.25) is 0 Å². The van der Waals surface area contributed by atoms with Gasteiger partial charge in [0.1, 0.15) is 4.88 Å². The number of carbonyl (C=O) groups excluding carboxylic acids is 1. The van der Waals surface area contributed by atoms with Crippen molar-refractivity contribution in [2.45, 2.75) is 6.54 Å². The monoisotopic (exact) mass is 318 g/mol. The predicted octanol–water partition coefficient (Wildman–Crippen LogP) is 2.19. The molecule has 2 N–H and O–H groups in total. The molecule has 1 amide bonds. The molecule has 0 saturated carbocycles. The van der Waals surface area contributed by atoms with Gasteiger partial charge in [-0.2, -0.15) is 0 Å². The number of aromatic amines is 1. The van der Waals surface area contributed by atoms with Crippen molar-refractivity contribution >= 4 is 44.5 Å². The Morgan fingerprint density at radius 3 is 2.88 bits per heavy atom. The van der Waals surface area contributed by atoms with E-state index in [-0.39, 0.29) is 10.8 Å². The van der Waals surface area contributed by atoms with Crippen LogP contribution in [-0.4, -0.2) is 10.9 Å². The lowest BCUT2D eigenvalue weighted by Crippen LogP contribution is -2.22. The molecule has 16 heavy (non-hydrogen) atoms. The Bertz CT molecular complexity index is 558. The largest absolute Gasteiger partial charge is 0.346 e. The van der Waals surface area contributed by atoms with Gasteiger partial charge >= 0.3 is 4.87 Å². The highest BCUT2D eigenvalue weighted by atomic mass is 79.9. The summed E-state index contributed by atoms with van der Waals surface area (Å²) in [5.74, 6) is -0.145. The number of thiophene rings is 1. The van der Waals surface area contributed by atoms with Crippen LogP contribution in [-0.2, 0) is 6.54 Å². The summed E-state index contributed by atoms with van der Waals surface area (Å²) in [5.41, 5.74) is 0.719. The smallest absolute Gasteiger partial charge is 0.304 e. The molecule has 0 saturated heterocycles. The highest BCUT2D eigenvalue weighted by molar-refractivity contribution is 9.10. The number of thiazole rings is 1. The number of hydrogen-bond donors (Lipinski definition) is 2. The van der Waals surface area contributed by atoms with Gasteiger partial charge in [-0.15, -0.1) is 11.3 Å². The third-order valence-electron chi connectivity index (χ3n) is 1.83. The molecule has 0 aliphatic carbocycles. The standard InChI is InChI=1S/C9H7BrN2O2S2/c10-6-1-2-15-7(6)8(13)11-3-5-4-16-9(14)12-5/h1-2,4H,3H2,(H,11,13)(H,12,14). The number of aromatic nitrogens is 1. The number of carbonyl (C=O) groups is 1. The molecule has 2 heterocycles. The van der Waals surface area contributed by atoms with Crippen LogP contribution < -0.4 is 10.2 Å². The van der Waals surface area contributed by atoms with Gasteiger partial charge in [-0.05, 0) is 27.4 Å². The molecule has 0 aliphatic rings. The van der Waals surface area contributed by atoms with Crippen molar-refractivity contribution in [1.29, 1.82) is 0 Å². The maximum atomic E-state index is 11.7. The van der Waals surface area contributed by atoms with Gasteiger partial charge in [-0.1, -0.05) is 11.3 Å². The lowest BCUT2D eigenvalue weighted by molar-refractivity contribution is 0.0954. The Morgan fingerprint density at radius 2 is 2.31 bits per heavy atom. The van der Waals surface area contributed by atoms with Gasteiger partial charge in [0, 0.05) is 15.5 Å². The second-order valence-corrected chi connectivity index (χ2v) is 5.57. The Balaban J connectivity index is 1.99. The molecule has 7 heteroatoms. The zero-order valence-corrected chi connectivity index (χ0v) is 11.2. The van der Waals surface area contributed by atoms with Gasteiger partial charge < -0.3 is 10.3 Å². The highest BCUT2D eigenvalue weighted by Gasteiger charge is 2.11. The van der Waals surface area contributed by atoms with Crippen LogP contribution in [0.15, 0.2) is 26.1 Å². The van der Waals surface area contributed by atoms with Crippen LogP contribution >= 0.6 is 38.6 Å². The molecule has 0 fully saturated rings. The van der Waals surface area contributed by atoms with E-state index in [0.29, 0.717) is 11.4 Å². The van der Waals surface area contributed by atoms with Crippen LogP contribution in [0.2, 0.25) is 0 Å². The molecule has 2 aromatic rings. The minimum atomic E-state index is -0.145. The molecule has 0 atom stereocenters. The van der Waals surface area contributed by atoms with Crippen LogP contribution in [0.5, 0.6) is 0 Å². The zero-order valence-electron chi connectivity index (χ0n) is 7.95. The molecule has 2 aromatic heterocycles. The third kappa shape index (κ3) is 2.60. The van der Waals surface area contributed by atoms with Crippen LogP contribution in [0, 0.1) is 0 Å². The SMILES string of the molecule is O=C(NCc1csc(=O)[nH]1)c1sccc1Br. The summed E-state index contributed by atoms with van der Waals surface area (Å²) in [6.45, 7) is 0.335. The fourth-order valence-corrected chi connectivity index (χ4v) is 3.16. The Hall–Kier alpha value is -0.920. The number of amides is 1. The molecule has 4 nitrogen and oxygen atoms in total. The molecule has 0 unspecified atom stereocenters. The summed E-state index contributed by atoms with van der Waals surface area (Å²) in [6, 6.07) is 1.83. The van der Waals surface area contributed by atoms with E-state index in [4.69, 9.17) is 0 Å². The molecule has 0 radical (unpaired) electrons. The molecule has 0 bridgehead atoms. The minimum absolute atomic E-state index is 0.110. The summed E-state index contributed by atoms with van der Waals surface area (Å²) in [5, 5.41) is 6.27.